The van der Waals surface area contributed by atoms with Gasteiger partial charge in [-0.3, -0.25) is 0 Å². The van der Waals surface area contributed by atoms with Crippen LogP contribution in [0, 0.1) is 12.7 Å². The zero-order valence-corrected chi connectivity index (χ0v) is 12.6. The van der Waals surface area contributed by atoms with E-state index in [2.05, 4.69) is 5.32 Å². The molecule has 0 saturated heterocycles. The van der Waals surface area contributed by atoms with Crippen LogP contribution in [-0.4, -0.2) is 13.7 Å². The van der Waals surface area contributed by atoms with Gasteiger partial charge in [-0.1, -0.05) is 17.7 Å². The van der Waals surface area contributed by atoms with E-state index < -0.39 is 0 Å². The lowest BCUT2D eigenvalue weighted by Gasteiger charge is -2.13. The lowest BCUT2D eigenvalue weighted by atomic mass is 10.1. The minimum absolute atomic E-state index is 0.202. The molecule has 0 unspecified atom stereocenters. The van der Waals surface area contributed by atoms with Crippen LogP contribution in [0.25, 0.3) is 0 Å². The number of aryl methyl sites for hydroxylation is 1. The standard InChI is InChI=1S/C17H20FNO2/c1-4-21-17-10-14(6-8-16(17)20-3)19-11-13-9-12(2)5-7-15(13)18/h5-10,19H,4,11H2,1-3H3. The molecule has 2 aromatic rings. The molecule has 0 aromatic heterocycles. The molecule has 0 fully saturated rings. The van der Waals surface area contributed by atoms with Gasteiger partial charge in [-0.25, -0.2) is 4.39 Å². The minimum Gasteiger partial charge on any atom is -0.493 e. The van der Waals surface area contributed by atoms with E-state index in [1.54, 1.807) is 13.2 Å². The third kappa shape index (κ3) is 3.88. The molecule has 4 heteroatoms. The average Bonchev–Trinajstić information content (AvgIpc) is 2.49. The Hall–Kier alpha value is -2.23. The summed E-state index contributed by atoms with van der Waals surface area (Å²) in [7, 11) is 1.60. The first kappa shape index (κ1) is 15.2. The van der Waals surface area contributed by atoms with Crippen LogP contribution in [0.5, 0.6) is 11.5 Å². The Bertz CT molecular complexity index is 614. The summed E-state index contributed by atoms with van der Waals surface area (Å²) in [6.07, 6.45) is 0. The molecule has 2 rings (SSSR count). The smallest absolute Gasteiger partial charge is 0.163 e. The highest BCUT2D eigenvalue weighted by Crippen LogP contribution is 2.30. The highest BCUT2D eigenvalue weighted by Gasteiger charge is 2.06. The van der Waals surface area contributed by atoms with Gasteiger partial charge in [0.1, 0.15) is 5.82 Å². The lowest BCUT2D eigenvalue weighted by Crippen LogP contribution is -2.03. The Morgan fingerprint density at radius 2 is 1.90 bits per heavy atom. The van der Waals surface area contributed by atoms with Crippen molar-refractivity contribution in [1.82, 2.24) is 0 Å². The van der Waals surface area contributed by atoms with E-state index in [1.165, 1.54) is 6.07 Å². The van der Waals surface area contributed by atoms with Gasteiger partial charge in [0.25, 0.3) is 0 Å². The van der Waals surface area contributed by atoms with Gasteiger partial charge in [-0.15, -0.1) is 0 Å². The van der Waals surface area contributed by atoms with Crippen molar-refractivity contribution in [2.75, 3.05) is 19.0 Å². The molecule has 0 saturated carbocycles. The molecular weight excluding hydrogens is 269 g/mol. The van der Waals surface area contributed by atoms with Crippen LogP contribution in [0.3, 0.4) is 0 Å². The molecular formula is C17H20FNO2. The van der Waals surface area contributed by atoms with Crippen LogP contribution in [0.1, 0.15) is 18.1 Å². The van der Waals surface area contributed by atoms with Crippen molar-refractivity contribution in [1.29, 1.82) is 0 Å². The minimum atomic E-state index is -0.202. The summed E-state index contributed by atoms with van der Waals surface area (Å²) in [5.74, 6) is 1.16. The Kier molecular flexibility index (Phi) is 5.04. The molecule has 0 aliphatic rings. The quantitative estimate of drug-likeness (QED) is 0.866. The first-order valence-corrected chi connectivity index (χ1v) is 6.93. The Labute approximate surface area is 124 Å². The van der Waals surface area contributed by atoms with Gasteiger partial charge in [-0.05, 0) is 32.0 Å². The average molecular weight is 289 g/mol. The molecule has 21 heavy (non-hydrogen) atoms. The van der Waals surface area contributed by atoms with Crippen LogP contribution in [-0.2, 0) is 6.54 Å². The molecule has 0 radical (unpaired) electrons. The Balaban J connectivity index is 2.12. The van der Waals surface area contributed by atoms with Gasteiger partial charge in [-0.2, -0.15) is 0 Å². The Morgan fingerprint density at radius 3 is 2.62 bits per heavy atom. The monoisotopic (exact) mass is 289 g/mol. The number of ether oxygens (including phenoxy) is 2. The second-order valence-corrected chi connectivity index (χ2v) is 4.75. The summed E-state index contributed by atoms with van der Waals surface area (Å²) in [5.41, 5.74) is 2.54. The van der Waals surface area contributed by atoms with E-state index in [-0.39, 0.29) is 5.82 Å². The first-order valence-electron chi connectivity index (χ1n) is 6.93. The van der Waals surface area contributed by atoms with Crippen LogP contribution >= 0.6 is 0 Å². The summed E-state index contributed by atoms with van der Waals surface area (Å²) in [4.78, 5) is 0. The molecule has 112 valence electrons. The van der Waals surface area contributed by atoms with Crippen LogP contribution in [0.15, 0.2) is 36.4 Å². The number of nitrogens with one attached hydrogen (secondary N) is 1. The van der Waals surface area contributed by atoms with Gasteiger partial charge in [0, 0.05) is 23.9 Å². The molecule has 0 aliphatic heterocycles. The fraction of sp³-hybridized carbons (Fsp3) is 0.294. The normalized spacial score (nSPS) is 10.3. The number of rotatable bonds is 6. The Morgan fingerprint density at radius 1 is 1.10 bits per heavy atom. The van der Waals surface area contributed by atoms with Crippen molar-refractivity contribution in [2.45, 2.75) is 20.4 Å². The zero-order chi connectivity index (χ0) is 15.2. The second kappa shape index (κ2) is 6.97. The lowest BCUT2D eigenvalue weighted by molar-refractivity contribution is 0.311. The summed E-state index contributed by atoms with van der Waals surface area (Å²) < 4.78 is 24.5. The number of anilines is 1. The molecule has 0 aliphatic carbocycles. The predicted octanol–water partition coefficient (Wildman–Crippen LogP) is 4.15. The largest absolute Gasteiger partial charge is 0.493 e. The van der Waals surface area contributed by atoms with Crippen molar-refractivity contribution in [2.24, 2.45) is 0 Å². The third-order valence-electron chi connectivity index (χ3n) is 3.15. The zero-order valence-electron chi connectivity index (χ0n) is 12.6. The van der Waals surface area contributed by atoms with E-state index >= 15 is 0 Å². The number of hydrogen-bond donors (Lipinski definition) is 1. The van der Waals surface area contributed by atoms with Gasteiger partial charge >= 0.3 is 0 Å². The summed E-state index contributed by atoms with van der Waals surface area (Å²) in [6.45, 7) is 4.85. The van der Waals surface area contributed by atoms with Crippen molar-refractivity contribution in [3.63, 3.8) is 0 Å². The molecule has 0 bridgehead atoms. The summed E-state index contributed by atoms with van der Waals surface area (Å²) in [6, 6.07) is 10.7. The molecule has 0 spiro atoms. The predicted molar refractivity (Wildman–Crippen MR) is 82.6 cm³/mol. The molecule has 0 heterocycles. The number of halogens is 1. The molecule has 0 amide bonds. The topological polar surface area (TPSA) is 30.5 Å². The van der Waals surface area contributed by atoms with Gasteiger partial charge in [0.15, 0.2) is 11.5 Å². The first-order chi connectivity index (χ1) is 10.1. The van der Waals surface area contributed by atoms with E-state index in [0.717, 1.165) is 11.3 Å². The van der Waals surface area contributed by atoms with Gasteiger partial charge in [0.2, 0.25) is 0 Å². The van der Waals surface area contributed by atoms with Gasteiger partial charge < -0.3 is 14.8 Å². The maximum atomic E-state index is 13.7. The number of hydrogen-bond acceptors (Lipinski definition) is 3. The van der Waals surface area contributed by atoms with E-state index in [0.29, 0.717) is 30.2 Å². The van der Waals surface area contributed by atoms with Crippen molar-refractivity contribution in [3.8, 4) is 11.5 Å². The molecule has 3 nitrogen and oxygen atoms in total. The van der Waals surface area contributed by atoms with Crippen molar-refractivity contribution >= 4 is 5.69 Å². The highest BCUT2D eigenvalue weighted by atomic mass is 19.1. The maximum absolute atomic E-state index is 13.7. The molecule has 2 aromatic carbocycles. The number of benzene rings is 2. The van der Waals surface area contributed by atoms with E-state index in [1.807, 2.05) is 38.1 Å². The second-order valence-electron chi connectivity index (χ2n) is 4.75. The van der Waals surface area contributed by atoms with E-state index in [4.69, 9.17) is 9.47 Å². The maximum Gasteiger partial charge on any atom is 0.163 e. The SMILES string of the molecule is CCOc1cc(NCc2cc(C)ccc2F)ccc1OC. The number of methoxy groups -OCH3 is 1. The van der Waals surface area contributed by atoms with Crippen LogP contribution in [0.2, 0.25) is 0 Å². The molecule has 1 N–H and O–H groups in total. The van der Waals surface area contributed by atoms with E-state index in [9.17, 15) is 4.39 Å². The fourth-order valence-corrected chi connectivity index (χ4v) is 2.09. The third-order valence-corrected chi connectivity index (χ3v) is 3.15. The fourth-order valence-electron chi connectivity index (χ4n) is 2.09. The summed E-state index contributed by atoms with van der Waals surface area (Å²) >= 11 is 0. The van der Waals surface area contributed by atoms with Gasteiger partial charge in [0.05, 0.1) is 13.7 Å². The molecule has 0 atom stereocenters. The summed E-state index contributed by atoms with van der Waals surface area (Å²) in [5, 5.41) is 3.20. The van der Waals surface area contributed by atoms with Crippen LogP contribution in [0.4, 0.5) is 10.1 Å². The highest BCUT2D eigenvalue weighted by molar-refractivity contribution is 5.55. The van der Waals surface area contributed by atoms with Crippen molar-refractivity contribution < 1.29 is 13.9 Å². The van der Waals surface area contributed by atoms with Crippen LogP contribution < -0.4 is 14.8 Å². The van der Waals surface area contributed by atoms with Crippen molar-refractivity contribution in [3.05, 3.63) is 53.3 Å².